The van der Waals surface area contributed by atoms with Crippen molar-refractivity contribution in [3.8, 4) is 17.2 Å². The van der Waals surface area contributed by atoms with E-state index in [4.69, 9.17) is 4.42 Å². The molecule has 1 N–H and O–H groups in total. The molecule has 2 fully saturated rings. The number of rotatable bonds is 5. The lowest BCUT2D eigenvalue weighted by molar-refractivity contribution is -0.127. The molecule has 3 aromatic rings. The van der Waals surface area contributed by atoms with Crippen LogP contribution in [0.4, 0.5) is 4.39 Å². The van der Waals surface area contributed by atoms with E-state index in [1.54, 1.807) is 37.4 Å². The number of fused-ring (bicyclic) bond motifs is 3. The maximum absolute atomic E-state index is 14.9. The molecular weight excluding hydrogens is 447 g/mol. The van der Waals surface area contributed by atoms with Crippen LogP contribution in [0, 0.1) is 23.1 Å². The topological polar surface area (TPSA) is 91.3 Å². The minimum absolute atomic E-state index is 0.0914. The van der Waals surface area contributed by atoms with E-state index in [0.717, 1.165) is 24.8 Å². The molecule has 2 aromatic carbocycles. The third kappa shape index (κ3) is 4.61. The summed E-state index contributed by atoms with van der Waals surface area (Å²) in [5.74, 6) is -0.708. The predicted molar refractivity (Wildman–Crippen MR) is 132 cm³/mol. The molecular formula is C27H31FN4O3. The summed E-state index contributed by atoms with van der Waals surface area (Å²) in [6.07, 6.45) is 3.28. The summed E-state index contributed by atoms with van der Waals surface area (Å²) in [5.41, 5.74) is 2.85. The van der Waals surface area contributed by atoms with E-state index in [9.17, 15) is 19.2 Å². The Kier molecular flexibility index (Phi) is 7.08. The number of benzene rings is 2. The van der Waals surface area contributed by atoms with Crippen LogP contribution in [-0.4, -0.2) is 40.5 Å². The Labute approximate surface area is 204 Å². The molecule has 2 bridgehead atoms. The number of likely N-dealkylation sites (tertiary alicyclic amines) is 1. The Morgan fingerprint density at radius 2 is 1.91 bits per heavy atom. The van der Waals surface area contributed by atoms with Crippen molar-refractivity contribution in [2.45, 2.75) is 57.7 Å². The number of hydrogen-bond acceptors (Lipinski definition) is 5. The van der Waals surface area contributed by atoms with Crippen molar-refractivity contribution >= 4 is 17.0 Å². The average Bonchev–Trinajstić information content (AvgIpc) is 3.54. The lowest BCUT2D eigenvalue weighted by Crippen LogP contribution is -2.51. The van der Waals surface area contributed by atoms with E-state index in [1.165, 1.54) is 10.6 Å². The molecule has 35 heavy (non-hydrogen) atoms. The lowest BCUT2D eigenvalue weighted by atomic mass is 9.97. The molecule has 5 rings (SSSR count). The Hall–Kier alpha value is -3.44. The van der Waals surface area contributed by atoms with Gasteiger partial charge in [-0.1, -0.05) is 32.0 Å². The zero-order valence-corrected chi connectivity index (χ0v) is 20.5. The largest absolute Gasteiger partial charge is 0.419 e. The number of oxazole rings is 1. The van der Waals surface area contributed by atoms with Gasteiger partial charge in [0, 0.05) is 19.5 Å². The maximum atomic E-state index is 14.9. The van der Waals surface area contributed by atoms with Gasteiger partial charge in [0.2, 0.25) is 5.91 Å². The molecule has 7 nitrogen and oxygen atoms in total. The number of hydrogen-bond donors (Lipinski definition) is 1. The average molecular weight is 479 g/mol. The van der Waals surface area contributed by atoms with Crippen LogP contribution in [0.3, 0.4) is 0 Å². The first-order chi connectivity index (χ1) is 16.9. The van der Waals surface area contributed by atoms with Gasteiger partial charge in [-0.25, -0.2) is 9.18 Å². The van der Waals surface area contributed by atoms with Crippen LogP contribution in [0.25, 0.3) is 22.2 Å². The Bertz CT molecular complexity index is 1340. The Balaban J connectivity index is 0.00000141. The van der Waals surface area contributed by atoms with Crippen LogP contribution in [0.15, 0.2) is 45.6 Å². The number of likely N-dealkylation sites (N-methyl/N-ethyl adjacent to an activating group) is 1. The number of carbonyl (C=O) groups excluding carboxylic acids is 1. The van der Waals surface area contributed by atoms with Crippen molar-refractivity contribution in [2.75, 3.05) is 7.05 Å². The quantitative estimate of drug-likeness (QED) is 0.599. The molecule has 2 aliphatic rings. The van der Waals surface area contributed by atoms with Crippen molar-refractivity contribution in [1.82, 2.24) is 14.8 Å². The monoisotopic (exact) mass is 478 g/mol. The third-order valence-electron chi connectivity index (χ3n) is 7.25. The predicted octanol–water partition coefficient (Wildman–Crippen LogP) is 4.00. The van der Waals surface area contributed by atoms with Gasteiger partial charge in [-0.15, -0.1) is 0 Å². The van der Waals surface area contributed by atoms with Crippen LogP contribution in [0.5, 0.6) is 0 Å². The maximum Gasteiger partial charge on any atom is 0.419 e. The van der Waals surface area contributed by atoms with Crippen molar-refractivity contribution in [1.29, 1.82) is 5.26 Å². The fraction of sp³-hybridized carbons (Fsp3) is 0.444. The number of piperidine rings is 1. The van der Waals surface area contributed by atoms with E-state index in [0.29, 0.717) is 34.2 Å². The first-order valence-corrected chi connectivity index (χ1v) is 12.2. The summed E-state index contributed by atoms with van der Waals surface area (Å²) in [5, 5.41) is 12.4. The van der Waals surface area contributed by atoms with Gasteiger partial charge in [0.1, 0.15) is 11.9 Å². The molecule has 1 aliphatic carbocycles. The van der Waals surface area contributed by atoms with Gasteiger partial charge >= 0.3 is 5.76 Å². The first-order valence-electron chi connectivity index (χ1n) is 12.2. The highest BCUT2D eigenvalue weighted by Crippen LogP contribution is 2.41. The molecule has 2 heterocycles. The minimum Gasteiger partial charge on any atom is -0.408 e. The van der Waals surface area contributed by atoms with E-state index in [2.05, 4.69) is 16.3 Å². The number of aromatic nitrogens is 1. The number of nitriles is 1. The number of nitrogens with zero attached hydrogens (tertiary/aromatic N) is 3. The van der Waals surface area contributed by atoms with Gasteiger partial charge in [-0.3, -0.25) is 14.3 Å². The Morgan fingerprint density at radius 1 is 1.20 bits per heavy atom. The molecule has 4 unspecified atom stereocenters. The zero-order valence-electron chi connectivity index (χ0n) is 20.5. The standard InChI is InChI=1S/C25H25FN4O3.C2H6/c1-29-19-7-5-17(10-19)23(29)24(31)28-18(13-27)9-16-4-3-14(11-20(16)26)15-6-8-22-21(12-15)30(2)25(32)33-22;1-2/h3-4,6,8,11-12,17-19,23H,5,7,9-10H2,1-2H3,(H,28,31);1-2H3. The summed E-state index contributed by atoms with van der Waals surface area (Å²) < 4.78 is 21.5. The number of aryl methyl sites for hydroxylation is 1. The summed E-state index contributed by atoms with van der Waals surface area (Å²) in [6, 6.07) is 11.6. The first kappa shape index (κ1) is 24.7. The van der Waals surface area contributed by atoms with Crippen LogP contribution in [0.1, 0.15) is 38.7 Å². The van der Waals surface area contributed by atoms with E-state index >= 15 is 0 Å². The highest BCUT2D eigenvalue weighted by atomic mass is 19.1. The molecule has 1 saturated carbocycles. The molecule has 1 aromatic heterocycles. The van der Waals surface area contributed by atoms with Crippen molar-refractivity contribution < 1.29 is 13.6 Å². The number of amides is 1. The number of carbonyl (C=O) groups is 1. The van der Waals surface area contributed by atoms with E-state index < -0.39 is 17.6 Å². The summed E-state index contributed by atoms with van der Waals surface area (Å²) in [7, 11) is 3.58. The van der Waals surface area contributed by atoms with Gasteiger partial charge < -0.3 is 9.73 Å². The second kappa shape index (κ2) is 10.0. The summed E-state index contributed by atoms with van der Waals surface area (Å²) in [6.45, 7) is 4.00. The molecule has 1 amide bonds. The van der Waals surface area contributed by atoms with Crippen molar-refractivity contribution in [2.24, 2.45) is 13.0 Å². The van der Waals surface area contributed by atoms with Crippen molar-refractivity contribution in [3.63, 3.8) is 0 Å². The SMILES string of the molecule is CC.CN1C2CCC(C2)C1C(=O)NC(C#N)Cc1ccc(-c2ccc3oc(=O)n(C)c3c2)cc1F. The smallest absolute Gasteiger partial charge is 0.408 e. The number of halogens is 1. The highest BCUT2D eigenvalue weighted by Gasteiger charge is 2.47. The van der Waals surface area contributed by atoms with E-state index in [-0.39, 0.29) is 18.4 Å². The van der Waals surface area contributed by atoms with Crippen LogP contribution >= 0.6 is 0 Å². The van der Waals surface area contributed by atoms with Crippen LogP contribution in [0.2, 0.25) is 0 Å². The van der Waals surface area contributed by atoms with Crippen molar-refractivity contribution in [3.05, 3.63) is 58.3 Å². The normalized spacial score (nSPS) is 21.9. The van der Waals surface area contributed by atoms with E-state index in [1.807, 2.05) is 20.9 Å². The lowest BCUT2D eigenvalue weighted by Gasteiger charge is -2.31. The molecule has 8 heteroatoms. The Morgan fingerprint density at radius 3 is 2.57 bits per heavy atom. The van der Waals surface area contributed by atoms with Gasteiger partial charge in [-0.05, 0) is 67.1 Å². The third-order valence-corrected chi connectivity index (χ3v) is 7.25. The molecule has 1 aliphatic heterocycles. The zero-order chi connectivity index (χ0) is 25.3. The fourth-order valence-electron chi connectivity index (χ4n) is 5.41. The molecule has 0 radical (unpaired) electrons. The molecule has 0 spiro atoms. The fourth-order valence-corrected chi connectivity index (χ4v) is 5.41. The summed E-state index contributed by atoms with van der Waals surface area (Å²) in [4.78, 5) is 26.7. The van der Waals surface area contributed by atoms with Gasteiger partial charge in [0.25, 0.3) is 0 Å². The second-order valence-corrected chi connectivity index (χ2v) is 9.15. The van der Waals surface area contributed by atoms with Gasteiger partial charge in [0.15, 0.2) is 5.58 Å². The van der Waals surface area contributed by atoms with Crippen LogP contribution < -0.4 is 11.1 Å². The summed E-state index contributed by atoms with van der Waals surface area (Å²) >= 11 is 0. The second-order valence-electron chi connectivity index (χ2n) is 9.15. The van der Waals surface area contributed by atoms with Gasteiger partial charge in [-0.2, -0.15) is 5.26 Å². The minimum atomic E-state index is -0.804. The molecule has 4 atom stereocenters. The highest BCUT2D eigenvalue weighted by molar-refractivity contribution is 5.83. The molecule has 184 valence electrons. The number of nitrogens with one attached hydrogen (secondary N) is 1. The molecule has 1 saturated heterocycles. The van der Waals surface area contributed by atoms with Gasteiger partial charge in [0.05, 0.1) is 17.6 Å². The van der Waals surface area contributed by atoms with Crippen LogP contribution in [-0.2, 0) is 18.3 Å².